The summed E-state index contributed by atoms with van der Waals surface area (Å²) in [7, 11) is 0. The number of nitrogens with one attached hydrogen (secondary N) is 1. The highest BCUT2D eigenvalue weighted by Crippen LogP contribution is 2.47. The molecule has 0 aromatic heterocycles. The molecule has 3 nitrogen and oxygen atoms in total. The van der Waals surface area contributed by atoms with Crippen molar-refractivity contribution >= 4 is 0 Å². The Morgan fingerprint density at radius 1 is 1.50 bits per heavy atom. The van der Waals surface area contributed by atoms with Crippen molar-refractivity contribution in [3.8, 4) is 6.07 Å². The Labute approximate surface area is 73.4 Å². The molecule has 3 heteroatoms. The van der Waals surface area contributed by atoms with E-state index < -0.39 is 0 Å². The van der Waals surface area contributed by atoms with Crippen molar-refractivity contribution in [1.82, 2.24) is 5.32 Å². The van der Waals surface area contributed by atoms with Gasteiger partial charge in [-0.3, -0.25) is 0 Å². The minimum Gasteiger partial charge on any atom is -0.396 e. The van der Waals surface area contributed by atoms with Crippen LogP contribution in [0.3, 0.4) is 0 Å². The maximum absolute atomic E-state index is 8.53. The molecule has 0 heterocycles. The monoisotopic (exact) mass is 168 g/mol. The second-order valence-corrected chi connectivity index (χ2v) is 3.59. The van der Waals surface area contributed by atoms with E-state index in [4.69, 9.17) is 10.4 Å². The van der Waals surface area contributed by atoms with E-state index in [2.05, 4.69) is 11.4 Å². The molecule has 0 spiro atoms. The zero-order valence-electron chi connectivity index (χ0n) is 7.34. The fraction of sp³-hybridized carbons (Fsp3) is 0.889. The first-order chi connectivity index (χ1) is 5.83. The molecule has 0 unspecified atom stereocenters. The van der Waals surface area contributed by atoms with Crippen molar-refractivity contribution in [3.63, 3.8) is 0 Å². The number of aliphatic hydroxyl groups excluding tert-OH is 1. The Morgan fingerprint density at radius 3 is 2.75 bits per heavy atom. The van der Waals surface area contributed by atoms with Crippen LogP contribution in [0, 0.1) is 16.7 Å². The van der Waals surface area contributed by atoms with E-state index in [1.807, 2.05) is 0 Å². The SMILES string of the molecule is N#CCC1(CNCCCO)CC1. The Kier molecular flexibility index (Phi) is 3.51. The highest BCUT2D eigenvalue weighted by molar-refractivity contribution is 5.00. The van der Waals surface area contributed by atoms with E-state index in [-0.39, 0.29) is 6.61 Å². The highest BCUT2D eigenvalue weighted by Gasteiger charge is 2.41. The summed E-state index contributed by atoms with van der Waals surface area (Å²) < 4.78 is 0. The lowest BCUT2D eigenvalue weighted by Gasteiger charge is -2.11. The Morgan fingerprint density at radius 2 is 2.25 bits per heavy atom. The first-order valence-electron chi connectivity index (χ1n) is 4.51. The van der Waals surface area contributed by atoms with E-state index in [0.29, 0.717) is 11.8 Å². The zero-order valence-corrected chi connectivity index (χ0v) is 7.34. The van der Waals surface area contributed by atoms with Gasteiger partial charge >= 0.3 is 0 Å². The summed E-state index contributed by atoms with van der Waals surface area (Å²) >= 11 is 0. The average molecular weight is 168 g/mol. The van der Waals surface area contributed by atoms with Gasteiger partial charge in [0.05, 0.1) is 6.07 Å². The summed E-state index contributed by atoms with van der Waals surface area (Å²) in [6, 6.07) is 2.22. The topological polar surface area (TPSA) is 56.0 Å². The lowest BCUT2D eigenvalue weighted by molar-refractivity contribution is 0.284. The largest absolute Gasteiger partial charge is 0.396 e. The van der Waals surface area contributed by atoms with Gasteiger partial charge < -0.3 is 10.4 Å². The molecule has 1 aliphatic carbocycles. The predicted molar refractivity (Wildman–Crippen MR) is 46.5 cm³/mol. The number of aliphatic hydroxyl groups is 1. The third kappa shape index (κ3) is 2.80. The summed E-state index contributed by atoms with van der Waals surface area (Å²) in [5.74, 6) is 0. The second-order valence-electron chi connectivity index (χ2n) is 3.59. The van der Waals surface area contributed by atoms with Crippen LogP contribution in [0.25, 0.3) is 0 Å². The van der Waals surface area contributed by atoms with Crippen molar-refractivity contribution < 1.29 is 5.11 Å². The first kappa shape index (κ1) is 9.50. The normalized spacial score (nSPS) is 18.7. The highest BCUT2D eigenvalue weighted by atomic mass is 16.3. The molecule has 68 valence electrons. The molecule has 1 rings (SSSR count). The lowest BCUT2D eigenvalue weighted by atomic mass is 10.0. The molecule has 1 saturated carbocycles. The molecule has 1 fully saturated rings. The fourth-order valence-corrected chi connectivity index (χ4v) is 1.32. The van der Waals surface area contributed by atoms with Crippen LogP contribution in [0.2, 0.25) is 0 Å². The Balaban J connectivity index is 2.03. The third-order valence-corrected chi connectivity index (χ3v) is 2.42. The van der Waals surface area contributed by atoms with Crippen LogP contribution in [-0.2, 0) is 0 Å². The van der Waals surface area contributed by atoms with Crippen LogP contribution < -0.4 is 5.32 Å². The van der Waals surface area contributed by atoms with Crippen LogP contribution in [0.15, 0.2) is 0 Å². The number of hydrogen-bond donors (Lipinski definition) is 2. The van der Waals surface area contributed by atoms with Gasteiger partial charge in [0.2, 0.25) is 0 Å². The fourth-order valence-electron chi connectivity index (χ4n) is 1.32. The van der Waals surface area contributed by atoms with Gasteiger partial charge in [0, 0.05) is 19.6 Å². The number of nitrogens with zero attached hydrogens (tertiary/aromatic N) is 1. The molecule has 2 N–H and O–H groups in total. The van der Waals surface area contributed by atoms with E-state index in [0.717, 1.165) is 19.5 Å². The van der Waals surface area contributed by atoms with Gasteiger partial charge in [-0.1, -0.05) is 0 Å². The van der Waals surface area contributed by atoms with Crippen LogP contribution in [0.5, 0.6) is 0 Å². The Hall–Kier alpha value is -0.590. The molecular formula is C9H16N2O. The van der Waals surface area contributed by atoms with Crippen LogP contribution in [0.4, 0.5) is 0 Å². The lowest BCUT2D eigenvalue weighted by Crippen LogP contribution is -2.25. The zero-order chi connectivity index (χ0) is 8.86. The molecule has 0 aromatic carbocycles. The van der Waals surface area contributed by atoms with Gasteiger partial charge in [-0.2, -0.15) is 5.26 Å². The van der Waals surface area contributed by atoms with Crippen LogP contribution >= 0.6 is 0 Å². The van der Waals surface area contributed by atoms with E-state index >= 15 is 0 Å². The average Bonchev–Trinajstić information content (AvgIpc) is 2.81. The molecular weight excluding hydrogens is 152 g/mol. The maximum Gasteiger partial charge on any atom is 0.0628 e. The molecule has 0 bridgehead atoms. The summed E-state index contributed by atoms with van der Waals surface area (Å²) in [4.78, 5) is 0. The maximum atomic E-state index is 8.53. The molecule has 0 aliphatic heterocycles. The summed E-state index contributed by atoms with van der Waals surface area (Å²) in [6.07, 6.45) is 3.86. The molecule has 0 aromatic rings. The smallest absolute Gasteiger partial charge is 0.0628 e. The number of hydrogen-bond acceptors (Lipinski definition) is 3. The molecule has 0 radical (unpaired) electrons. The third-order valence-electron chi connectivity index (χ3n) is 2.42. The molecule has 12 heavy (non-hydrogen) atoms. The van der Waals surface area contributed by atoms with Gasteiger partial charge in [-0.05, 0) is 31.2 Å². The minimum absolute atomic E-state index is 0.248. The molecule has 0 amide bonds. The number of nitriles is 1. The summed E-state index contributed by atoms with van der Waals surface area (Å²) in [6.45, 7) is 2.06. The molecule has 0 saturated heterocycles. The van der Waals surface area contributed by atoms with Crippen molar-refractivity contribution in [2.45, 2.75) is 25.7 Å². The van der Waals surface area contributed by atoms with E-state index in [9.17, 15) is 0 Å². The van der Waals surface area contributed by atoms with Crippen molar-refractivity contribution in [2.75, 3.05) is 19.7 Å². The van der Waals surface area contributed by atoms with Gasteiger partial charge in [0.25, 0.3) is 0 Å². The van der Waals surface area contributed by atoms with Crippen LogP contribution in [0.1, 0.15) is 25.7 Å². The van der Waals surface area contributed by atoms with Gasteiger partial charge in [-0.25, -0.2) is 0 Å². The summed E-state index contributed by atoms with van der Waals surface area (Å²) in [5, 5.41) is 20.3. The molecule has 0 atom stereocenters. The van der Waals surface area contributed by atoms with E-state index in [1.54, 1.807) is 0 Å². The number of rotatable bonds is 6. The van der Waals surface area contributed by atoms with Gasteiger partial charge in [0.15, 0.2) is 0 Å². The van der Waals surface area contributed by atoms with Crippen molar-refractivity contribution in [1.29, 1.82) is 5.26 Å². The minimum atomic E-state index is 0.248. The van der Waals surface area contributed by atoms with Crippen LogP contribution in [-0.4, -0.2) is 24.8 Å². The second kappa shape index (κ2) is 4.44. The molecule has 1 aliphatic rings. The van der Waals surface area contributed by atoms with Gasteiger partial charge in [-0.15, -0.1) is 0 Å². The van der Waals surface area contributed by atoms with E-state index in [1.165, 1.54) is 12.8 Å². The first-order valence-corrected chi connectivity index (χ1v) is 4.51. The Bertz CT molecular complexity index is 170. The van der Waals surface area contributed by atoms with Crippen molar-refractivity contribution in [2.24, 2.45) is 5.41 Å². The van der Waals surface area contributed by atoms with Gasteiger partial charge in [0.1, 0.15) is 0 Å². The predicted octanol–water partition coefficient (Wildman–Crippen LogP) is 0.652. The van der Waals surface area contributed by atoms with Crippen molar-refractivity contribution in [3.05, 3.63) is 0 Å². The summed E-state index contributed by atoms with van der Waals surface area (Å²) in [5.41, 5.74) is 0.296. The quantitative estimate of drug-likeness (QED) is 0.573. The standard InChI is InChI=1S/C9H16N2O/c10-5-4-9(2-3-9)8-11-6-1-7-12/h11-12H,1-4,6-8H2.